The van der Waals surface area contributed by atoms with Crippen LogP contribution in [0.3, 0.4) is 0 Å². The minimum Gasteiger partial charge on any atom is -0.375 e. The van der Waals surface area contributed by atoms with Gasteiger partial charge in [-0.05, 0) is 37.8 Å². The molecule has 56 valence electrons. The van der Waals surface area contributed by atoms with Crippen molar-refractivity contribution in [1.29, 1.82) is 0 Å². The van der Waals surface area contributed by atoms with Crippen LogP contribution in [0.4, 0.5) is 5.00 Å². The Morgan fingerprint density at radius 3 is 2.60 bits per heavy atom. The van der Waals surface area contributed by atoms with Crippen LogP contribution in [-0.4, -0.2) is 6.04 Å². The number of aryl methyl sites for hydroxylation is 1. The van der Waals surface area contributed by atoms with E-state index in [1.807, 2.05) is 0 Å². The molecule has 0 aromatic carbocycles. The Labute approximate surface area is 66.1 Å². The highest BCUT2D eigenvalue weighted by Gasteiger charge is 1.98. The molecule has 1 rings (SSSR count). The molecule has 0 aliphatic carbocycles. The first-order valence-corrected chi connectivity index (χ1v) is 4.38. The number of hydrogen-bond donors (Lipinski definition) is 1. The molecular weight excluding hydrogens is 142 g/mol. The van der Waals surface area contributed by atoms with Gasteiger partial charge >= 0.3 is 0 Å². The van der Waals surface area contributed by atoms with Gasteiger partial charge in [-0.1, -0.05) is 0 Å². The molecule has 0 saturated heterocycles. The standard InChI is InChI=1S/C8H13NS/c1-6(2)9-8-7(3)4-5-10-8/h4-6,9H,1-3H3. The van der Waals surface area contributed by atoms with Gasteiger partial charge in [0.05, 0.1) is 5.00 Å². The Hall–Kier alpha value is -0.500. The van der Waals surface area contributed by atoms with Gasteiger partial charge in [0.25, 0.3) is 0 Å². The highest BCUT2D eigenvalue weighted by molar-refractivity contribution is 7.14. The van der Waals surface area contributed by atoms with Gasteiger partial charge in [0.15, 0.2) is 0 Å². The highest BCUT2D eigenvalue weighted by atomic mass is 32.1. The molecule has 0 bridgehead atoms. The molecule has 1 nitrogen and oxygen atoms in total. The van der Waals surface area contributed by atoms with E-state index in [0.717, 1.165) is 0 Å². The molecule has 10 heavy (non-hydrogen) atoms. The minimum atomic E-state index is 0.539. The number of thiophene rings is 1. The SMILES string of the molecule is Cc1ccsc1NC(C)C. The van der Waals surface area contributed by atoms with Crippen molar-refractivity contribution in [2.45, 2.75) is 26.8 Å². The van der Waals surface area contributed by atoms with E-state index < -0.39 is 0 Å². The van der Waals surface area contributed by atoms with E-state index in [4.69, 9.17) is 0 Å². The first kappa shape index (κ1) is 7.61. The third-order valence-electron chi connectivity index (χ3n) is 1.28. The second-order valence-corrected chi connectivity index (χ2v) is 3.65. The first-order chi connectivity index (χ1) is 4.70. The summed E-state index contributed by atoms with van der Waals surface area (Å²) in [7, 11) is 0. The van der Waals surface area contributed by atoms with E-state index in [9.17, 15) is 0 Å². The zero-order chi connectivity index (χ0) is 7.56. The fourth-order valence-electron chi connectivity index (χ4n) is 0.783. The third-order valence-corrected chi connectivity index (χ3v) is 2.23. The third kappa shape index (κ3) is 1.74. The van der Waals surface area contributed by atoms with Crippen molar-refractivity contribution in [2.75, 3.05) is 5.32 Å². The van der Waals surface area contributed by atoms with Crippen LogP contribution < -0.4 is 5.32 Å². The summed E-state index contributed by atoms with van der Waals surface area (Å²) >= 11 is 1.77. The summed E-state index contributed by atoms with van der Waals surface area (Å²) in [6.45, 7) is 6.43. The van der Waals surface area contributed by atoms with Gasteiger partial charge in [-0.15, -0.1) is 11.3 Å². The van der Waals surface area contributed by atoms with Gasteiger partial charge in [-0.2, -0.15) is 0 Å². The lowest BCUT2D eigenvalue weighted by atomic mass is 10.3. The van der Waals surface area contributed by atoms with Crippen molar-refractivity contribution in [3.63, 3.8) is 0 Å². The van der Waals surface area contributed by atoms with Gasteiger partial charge in [0, 0.05) is 6.04 Å². The van der Waals surface area contributed by atoms with Crippen LogP contribution in [0.25, 0.3) is 0 Å². The molecular formula is C8H13NS. The van der Waals surface area contributed by atoms with E-state index >= 15 is 0 Å². The van der Waals surface area contributed by atoms with E-state index in [1.54, 1.807) is 11.3 Å². The van der Waals surface area contributed by atoms with Crippen LogP contribution in [0, 0.1) is 6.92 Å². The summed E-state index contributed by atoms with van der Waals surface area (Å²) in [5, 5.41) is 6.78. The maximum Gasteiger partial charge on any atom is 0.0914 e. The van der Waals surface area contributed by atoms with Gasteiger partial charge in [0.2, 0.25) is 0 Å². The van der Waals surface area contributed by atoms with Crippen LogP contribution in [0.1, 0.15) is 19.4 Å². The van der Waals surface area contributed by atoms with Gasteiger partial charge in [-0.3, -0.25) is 0 Å². The summed E-state index contributed by atoms with van der Waals surface area (Å²) < 4.78 is 0. The van der Waals surface area contributed by atoms with Crippen molar-refractivity contribution in [3.8, 4) is 0 Å². The molecule has 1 aromatic rings. The van der Waals surface area contributed by atoms with E-state index in [0.29, 0.717) is 6.04 Å². The summed E-state index contributed by atoms with van der Waals surface area (Å²) in [4.78, 5) is 0. The van der Waals surface area contributed by atoms with Crippen molar-refractivity contribution in [2.24, 2.45) is 0 Å². The largest absolute Gasteiger partial charge is 0.375 e. The monoisotopic (exact) mass is 155 g/mol. The number of hydrogen-bond acceptors (Lipinski definition) is 2. The Morgan fingerprint density at radius 2 is 2.20 bits per heavy atom. The molecule has 0 unspecified atom stereocenters. The van der Waals surface area contributed by atoms with Gasteiger partial charge in [0.1, 0.15) is 0 Å². The average Bonchev–Trinajstić information content (AvgIpc) is 2.15. The molecule has 0 aliphatic rings. The number of nitrogens with one attached hydrogen (secondary N) is 1. The van der Waals surface area contributed by atoms with Crippen LogP contribution in [0.15, 0.2) is 11.4 Å². The normalized spacial score (nSPS) is 10.4. The van der Waals surface area contributed by atoms with Crippen molar-refractivity contribution in [1.82, 2.24) is 0 Å². The van der Waals surface area contributed by atoms with Crippen molar-refractivity contribution in [3.05, 3.63) is 17.0 Å². The van der Waals surface area contributed by atoms with Crippen LogP contribution in [-0.2, 0) is 0 Å². The number of rotatable bonds is 2. The average molecular weight is 155 g/mol. The van der Waals surface area contributed by atoms with Crippen molar-refractivity contribution >= 4 is 16.3 Å². The molecule has 1 heterocycles. The Bertz CT molecular complexity index is 203. The molecule has 1 N–H and O–H groups in total. The molecule has 0 spiro atoms. The summed E-state index contributed by atoms with van der Waals surface area (Å²) in [5.41, 5.74) is 1.35. The predicted octanol–water partition coefficient (Wildman–Crippen LogP) is 2.88. The molecule has 0 atom stereocenters. The van der Waals surface area contributed by atoms with Crippen LogP contribution >= 0.6 is 11.3 Å². The topological polar surface area (TPSA) is 12.0 Å². The Balaban J connectivity index is 2.65. The zero-order valence-corrected chi connectivity index (χ0v) is 7.46. The van der Waals surface area contributed by atoms with E-state index in [1.165, 1.54) is 10.6 Å². The number of anilines is 1. The smallest absolute Gasteiger partial charge is 0.0914 e. The Kier molecular flexibility index (Phi) is 2.33. The van der Waals surface area contributed by atoms with Gasteiger partial charge < -0.3 is 5.32 Å². The Morgan fingerprint density at radius 1 is 1.50 bits per heavy atom. The summed E-state index contributed by atoms with van der Waals surface area (Å²) in [5.74, 6) is 0. The highest BCUT2D eigenvalue weighted by Crippen LogP contribution is 2.22. The fourth-order valence-corrected chi connectivity index (χ4v) is 1.75. The molecule has 0 radical (unpaired) electrons. The summed E-state index contributed by atoms with van der Waals surface area (Å²) in [6.07, 6.45) is 0. The molecule has 1 aromatic heterocycles. The zero-order valence-electron chi connectivity index (χ0n) is 6.64. The predicted molar refractivity (Wildman–Crippen MR) is 47.8 cm³/mol. The lowest BCUT2D eigenvalue weighted by molar-refractivity contribution is 0.903. The quantitative estimate of drug-likeness (QED) is 0.692. The minimum absolute atomic E-state index is 0.539. The maximum absolute atomic E-state index is 3.37. The van der Waals surface area contributed by atoms with E-state index in [2.05, 4.69) is 37.5 Å². The first-order valence-electron chi connectivity index (χ1n) is 3.51. The molecule has 0 saturated carbocycles. The summed E-state index contributed by atoms with van der Waals surface area (Å²) in [6, 6.07) is 2.67. The maximum atomic E-state index is 3.37. The molecule has 0 amide bonds. The second kappa shape index (κ2) is 3.06. The lowest BCUT2D eigenvalue weighted by Gasteiger charge is -2.07. The second-order valence-electron chi connectivity index (χ2n) is 2.73. The van der Waals surface area contributed by atoms with Gasteiger partial charge in [-0.25, -0.2) is 0 Å². The molecule has 0 aliphatic heterocycles. The van der Waals surface area contributed by atoms with E-state index in [-0.39, 0.29) is 0 Å². The lowest BCUT2D eigenvalue weighted by Crippen LogP contribution is -2.08. The van der Waals surface area contributed by atoms with Crippen LogP contribution in [0.2, 0.25) is 0 Å². The van der Waals surface area contributed by atoms with Crippen LogP contribution in [0.5, 0.6) is 0 Å². The molecule has 0 fully saturated rings. The van der Waals surface area contributed by atoms with Crippen molar-refractivity contribution < 1.29 is 0 Å². The molecule has 2 heteroatoms. The fraction of sp³-hybridized carbons (Fsp3) is 0.500.